The number of hydrogen-bond acceptors (Lipinski definition) is 3. The van der Waals surface area contributed by atoms with Crippen molar-refractivity contribution >= 4 is 17.9 Å². The van der Waals surface area contributed by atoms with Gasteiger partial charge in [-0.3, -0.25) is 9.10 Å². The third kappa shape index (κ3) is 8.50. The van der Waals surface area contributed by atoms with Crippen molar-refractivity contribution < 1.29 is 4.79 Å². The van der Waals surface area contributed by atoms with Crippen LogP contribution in [0.3, 0.4) is 0 Å². The van der Waals surface area contributed by atoms with E-state index >= 15 is 0 Å². The van der Waals surface area contributed by atoms with Gasteiger partial charge in [0.1, 0.15) is 0 Å². The largest absolute Gasteiger partial charge is 0.345 e. The Kier molecular flexibility index (Phi) is 11.7. The maximum Gasteiger partial charge on any atom is 0.223 e. The monoisotopic (exact) mass is 298 g/mol. The summed E-state index contributed by atoms with van der Waals surface area (Å²) in [6, 6.07) is 0. The van der Waals surface area contributed by atoms with Crippen molar-refractivity contribution in [2.45, 2.75) is 47.5 Å². The van der Waals surface area contributed by atoms with Crippen LogP contribution < -0.4 is 5.32 Å². The Labute approximate surface area is 129 Å². The number of carbonyl (C=O) groups is 1. The molecule has 20 heavy (non-hydrogen) atoms. The van der Waals surface area contributed by atoms with Gasteiger partial charge in [0.25, 0.3) is 0 Å². The zero-order valence-corrected chi connectivity index (χ0v) is 14.5. The predicted molar refractivity (Wildman–Crippen MR) is 89.4 cm³/mol. The van der Waals surface area contributed by atoms with Crippen molar-refractivity contribution in [3.8, 4) is 11.8 Å². The number of hydrogen-bond donors (Lipinski definition) is 1. The summed E-state index contributed by atoms with van der Waals surface area (Å²) in [7, 11) is 0. The normalized spacial score (nSPS) is 15.9. The molecule has 1 saturated heterocycles. The molecule has 0 aromatic rings. The summed E-state index contributed by atoms with van der Waals surface area (Å²) >= 11 is 1.87. The average Bonchev–Trinajstić information content (AvgIpc) is 2.46. The Morgan fingerprint density at radius 1 is 1.35 bits per heavy atom. The van der Waals surface area contributed by atoms with Gasteiger partial charge in [0.2, 0.25) is 5.91 Å². The first-order chi connectivity index (χ1) is 9.63. The molecule has 0 saturated carbocycles. The van der Waals surface area contributed by atoms with Gasteiger partial charge < -0.3 is 5.32 Å². The van der Waals surface area contributed by atoms with Crippen LogP contribution in [0.1, 0.15) is 47.5 Å². The standard InChI is InChI=1S/C14H24N2OS.C2H6/c1-4-18-16-10-7-13(8-11-16)14(17)15-9-5-6-12(2)3;1-2/h12-13H,4,7-11H2,1-3H3,(H,15,17);1-2H3. The summed E-state index contributed by atoms with van der Waals surface area (Å²) in [6.07, 6.45) is 1.94. The molecule has 1 heterocycles. The van der Waals surface area contributed by atoms with E-state index in [-0.39, 0.29) is 11.8 Å². The lowest BCUT2D eigenvalue weighted by Crippen LogP contribution is -2.38. The van der Waals surface area contributed by atoms with Crippen LogP contribution >= 0.6 is 11.9 Å². The molecular weight excluding hydrogens is 268 g/mol. The summed E-state index contributed by atoms with van der Waals surface area (Å²) in [5.74, 6) is 7.88. The highest BCUT2D eigenvalue weighted by molar-refractivity contribution is 7.96. The molecule has 0 radical (unpaired) electrons. The van der Waals surface area contributed by atoms with Crippen molar-refractivity contribution in [2.75, 3.05) is 25.4 Å². The van der Waals surface area contributed by atoms with Crippen LogP contribution in [-0.4, -0.2) is 35.6 Å². The third-order valence-corrected chi connectivity index (χ3v) is 3.87. The molecule has 1 amide bonds. The van der Waals surface area contributed by atoms with Crippen LogP contribution in [-0.2, 0) is 4.79 Å². The van der Waals surface area contributed by atoms with Crippen LogP contribution in [0.25, 0.3) is 0 Å². The number of nitrogens with zero attached hydrogens (tertiary/aromatic N) is 1. The molecule has 1 aliphatic rings. The van der Waals surface area contributed by atoms with Gasteiger partial charge in [0, 0.05) is 30.7 Å². The maximum atomic E-state index is 11.9. The number of carbonyl (C=O) groups excluding carboxylic acids is 1. The second-order valence-corrected chi connectivity index (χ2v) is 6.17. The van der Waals surface area contributed by atoms with Gasteiger partial charge in [-0.05, 0) is 12.8 Å². The zero-order chi connectivity index (χ0) is 15.4. The van der Waals surface area contributed by atoms with Gasteiger partial charge >= 0.3 is 0 Å². The van der Waals surface area contributed by atoms with Crippen molar-refractivity contribution in [1.29, 1.82) is 0 Å². The van der Waals surface area contributed by atoms with Crippen LogP contribution in [0.2, 0.25) is 0 Å². The van der Waals surface area contributed by atoms with E-state index < -0.39 is 0 Å². The van der Waals surface area contributed by atoms with Crippen LogP contribution in [0.15, 0.2) is 0 Å². The number of rotatable bonds is 4. The molecule has 0 aromatic carbocycles. The first kappa shape index (κ1) is 19.3. The van der Waals surface area contributed by atoms with Crippen molar-refractivity contribution in [3.05, 3.63) is 0 Å². The van der Waals surface area contributed by atoms with Gasteiger partial charge in [-0.1, -0.05) is 58.4 Å². The van der Waals surface area contributed by atoms with Gasteiger partial charge in [-0.25, -0.2) is 0 Å². The molecule has 0 atom stereocenters. The highest BCUT2D eigenvalue weighted by Crippen LogP contribution is 2.22. The Morgan fingerprint density at radius 3 is 2.45 bits per heavy atom. The smallest absolute Gasteiger partial charge is 0.223 e. The third-order valence-electron chi connectivity index (χ3n) is 2.88. The van der Waals surface area contributed by atoms with E-state index in [1.165, 1.54) is 0 Å². The first-order valence-electron chi connectivity index (χ1n) is 7.77. The molecule has 1 rings (SSSR count). The first-order valence-corrected chi connectivity index (χ1v) is 8.71. The molecule has 0 bridgehead atoms. The van der Waals surface area contributed by atoms with E-state index in [0.29, 0.717) is 12.5 Å². The number of piperidine rings is 1. The highest BCUT2D eigenvalue weighted by Gasteiger charge is 2.24. The summed E-state index contributed by atoms with van der Waals surface area (Å²) in [5, 5.41) is 2.92. The maximum absolute atomic E-state index is 11.9. The minimum Gasteiger partial charge on any atom is -0.345 e. The lowest BCUT2D eigenvalue weighted by molar-refractivity contribution is -0.125. The van der Waals surface area contributed by atoms with E-state index in [1.807, 2.05) is 25.8 Å². The van der Waals surface area contributed by atoms with E-state index in [1.54, 1.807) is 0 Å². The van der Waals surface area contributed by atoms with Gasteiger partial charge in [-0.15, -0.1) is 0 Å². The van der Waals surface area contributed by atoms with E-state index in [0.717, 1.165) is 31.7 Å². The number of nitrogens with one attached hydrogen (secondary N) is 1. The van der Waals surface area contributed by atoms with Crippen LogP contribution in [0.4, 0.5) is 0 Å². The molecular formula is C16H30N2OS. The molecule has 1 N–H and O–H groups in total. The Bertz CT molecular complexity index is 312. The summed E-state index contributed by atoms with van der Waals surface area (Å²) in [4.78, 5) is 11.9. The summed E-state index contributed by atoms with van der Waals surface area (Å²) < 4.78 is 2.36. The molecule has 0 unspecified atom stereocenters. The van der Waals surface area contributed by atoms with Gasteiger partial charge in [-0.2, -0.15) is 0 Å². The van der Waals surface area contributed by atoms with Crippen LogP contribution in [0.5, 0.6) is 0 Å². The second-order valence-electron chi connectivity index (χ2n) is 4.81. The van der Waals surface area contributed by atoms with Crippen LogP contribution in [0, 0.1) is 23.7 Å². The molecule has 1 fully saturated rings. The zero-order valence-electron chi connectivity index (χ0n) is 13.7. The molecule has 0 spiro atoms. The van der Waals surface area contributed by atoms with Crippen molar-refractivity contribution in [3.63, 3.8) is 0 Å². The molecule has 4 heteroatoms. The second kappa shape index (κ2) is 12.1. The van der Waals surface area contributed by atoms with E-state index in [9.17, 15) is 4.79 Å². The number of amides is 1. The Morgan fingerprint density at radius 2 is 1.95 bits per heavy atom. The summed E-state index contributed by atoms with van der Waals surface area (Å²) in [5.41, 5.74) is 0. The fourth-order valence-electron chi connectivity index (χ4n) is 1.96. The fourth-order valence-corrected chi connectivity index (χ4v) is 2.79. The molecule has 0 aromatic heterocycles. The molecule has 1 aliphatic heterocycles. The minimum absolute atomic E-state index is 0.175. The minimum atomic E-state index is 0.175. The van der Waals surface area contributed by atoms with Gasteiger partial charge in [0.15, 0.2) is 0 Å². The van der Waals surface area contributed by atoms with E-state index in [4.69, 9.17) is 0 Å². The Hall–Kier alpha value is -0.660. The lowest BCUT2D eigenvalue weighted by atomic mass is 9.97. The summed E-state index contributed by atoms with van der Waals surface area (Å²) in [6.45, 7) is 12.8. The highest BCUT2D eigenvalue weighted by atomic mass is 32.2. The fraction of sp³-hybridized carbons (Fsp3) is 0.812. The van der Waals surface area contributed by atoms with E-state index in [2.05, 4.69) is 42.2 Å². The molecule has 0 aliphatic carbocycles. The Balaban J connectivity index is 0.00000172. The average molecular weight is 298 g/mol. The quantitative estimate of drug-likeness (QED) is 0.639. The predicted octanol–water partition coefficient (Wildman–Crippen LogP) is 3.17. The molecule has 3 nitrogen and oxygen atoms in total. The topological polar surface area (TPSA) is 32.3 Å². The van der Waals surface area contributed by atoms with Crippen molar-refractivity contribution in [1.82, 2.24) is 9.62 Å². The SMILES string of the molecule is CC.CCSN1CCC(C(=O)NCC#CC(C)C)CC1. The molecule has 116 valence electrons. The lowest BCUT2D eigenvalue weighted by Gasteiger charge is -2.29. The van der Waals surface area contributed by atoms with Crippen molar-refractivity contribution in [2.24, 2.45) is 11.8 Å². The van der Waals surface area contributed by atoms with Gasteiger partial charge in [0.05, 0.1) is 6.54 Å².